The SMILES string of the molecule is CC(C)c1ccc(O)c(NC(=S)NC(=O)/C=C/c2ccc(-c3ccc(Cl)cc3Cl)o2)c1. The lowest BCUT2D eigenvalue weighted by molar-refractivity contribution is -0.115. The summed E-state index contributed by atoms with van der Waals surface area (Å²) in [5, 5.41) is 16.4. The number of furan rings is 1. The van der Waals surface area contributed by atoms with E-state index in [2.05, 4.69) is 10.6 Å². The first kappa shape index (κ1) is 22.9. The third-order valence-electron chi connectivity index (χ3n) is 4.39. The third kappa shape index (κ3) is 6.10. The second-order valence-electron chi connectivity index (χ2n) is 7.03. The van der Waals surface area contributed by atoms with E-state index in [-0.39, 0.29) is 16.8 Å². The van der Waals surface area contributed by atoms with Crippen LogP contribution in [0.5, 0.6) is 5.75 Å². The maximum atomic E-state index is 12.2. The minimum Gasteiger partial charge on any atom is -0.506 e. The topological polar surface area (TPSA) is 74.5 Å². The Morgan fingerprint density at radius 1 is 1.13 bits per heavy atom. The van der Waals surface area contributed by atoms with Crippen molar-refractivity contribution in [1.82, 2.24) is 5.32 Å². The van der Waals surface area contributed by atoms with Crippen molar-refractivity contribution in [2.75, 3.05) is 5.32 Å². The second kappa shape index (κ2) is 10.0. The largest absolute Gasteiger partial charge is 0.506 e. The van der Waals surface area contributed by atoms with E-state index in [0.717, 1.165) is 5.56 Å². The molecule has 1 aromatic heterocycles. The molecule has 1 heterocycles. The van der Waals surface area contributed by atoms with E-state index < -0.39 is 5.91 Å². The van der Waals surface area contributed by atoms with Crippen LogP contribution in [-0.4, -0.2) is 16.1 Å². The molecule has 160 valence electrons. The molecule has 0 unspecified atom stereocenters. The first-order valence-corrected chi connectivity index (χ1v) is 10.6. The lowest BCUT2D eigenvalue weighted by Crippen LogP contribution is -2.32. The van der Waals surface area contributed by atoms with Crippen molar-refractivity contribution in [3.8, 4) is 17.1 Å². The molecule has 0 saturated heterocycles. The average Bonchev–Trinajstić information content (AvgIpc) is 3.16. The third-order valence-corrected chi connectivity index (χ3v) is 5.15. The highest BCUT2D eigenvalue weighted by Gasteiger charge is 2.10. The summed E-state index contributed by atoms with van der Waals surface area (Å²) < 4.78 is 5.72. The maximum absolute atomic E-state index is 12.2. The molecule has 0 atom stereocenters. The molecule has 0 fully saturated rings. The van der Waals surface area contributed by atoms with Crippen LogP contribution in [0.4, 0.5) is 5.69 Å². The van der Waals surface area contributed by atoms with Crippen LogP contribution < -0.4 is 10.6 Å². The Morgan fingerprint density at radius 3 is 2.61 bits per heavy atom. The lowest BCUT2D eigenvalue weighted by Gasteiger charge is -2.13. The van der Waals surface area contributed by atoms with Gasteiger partial charge in [0.05, 0.1) is 10.7 Å². The van der Waals surface area contributed by atoms with Crippen molar-refractivity contribution in [3.05, 3.63) is 76.0 Å². The Bertz CT molecular complexity index is 1160. The average molecular weight is 475 g/mol. The van der Waals surface area contributed by atoms with Crippen LogP contribution in [0.15, 0.2) is 59.0 Å². The van der Waals surface area contributed by atoms with Gasteiger partial charge in [-0.3, -0.25) is 10.1 Å². The Labute approximate surface area is 195 Å². The number of thiocarbonyl (C=S) groups is 1. The van der Waals surface area contributed by atoms with Gasteiger partial charge >= 0.3 is 0 Å². The molecule has 0 bridgehead atoms. The molecule has 0 aliphatic carbocycles. The van der Waals surface area contributed by atoms with Crippen LogP contribution in [0.1, 0.15) is 31.1 Å². The van der Waals surface area contributed by atoms with E-state index >= 15 is 0 Å². The Hall–Kier alpha value is -2.80. The molecule has 3 aromatic rings. The van der Waals surface area contributed by atoms with E-state index in [4.69, 9.17) is 39.8 Å². The zero-order chi connectivity index (χ0) is 22.5. The molecule has 0 aliphatic rings. The molecular weight excluding hydrogens is 455 g/mol. The number of aromatic hydroxyl groups is 1. The Balaban J connectivity index is 1.61. The van der Waals surface area contributed by atoms with Gasteiger partial charge in [0.15, 0.2) is 5.11 Å². The standard InChI is InChI=1S/C23H20Cl2N2O3S/c1-13(2)14-3-8-20(28)19(11-14)26-23(31)27-22(29)10-6-16-5-9-21(30-16)17-7-4-15(24)12-18(17)25/h3-13,28H,1-2H3,(H2,26,27,29,31)/b10-6+. The fourth-order valence-corrected chi connectivity index (χ4v) is 3.47. The number of benzene rings is 2. The van der Waals surface area contributed by atoms with Gasteiger partial charge in [-0.2, -0.15) is 0 Å². The number of rotatable bonds is 5. The van der Waals surface area contributed by atoms with Crippen molar-refractivity contribution in [1.29, 1.82) is 0 Å². The molecule has 0 saturated carbocycles. The predicted octanol–water partition coefficient (Wildman–Crippen LogP) is 6.61. The molecule has 2 aromatic carbocycles. The molecule has 3 N–H and O–H groups in total. The summed E-state index contributed by atoms with van der Waals surface area (Å²) in [4.78, 5) is 12.2. The van der Waals surface area contributed by atoms with E-state index in [1.165, 1.54) is 12.2 Å². The zero-order valence-corrected chi connectivity index (χ0v) is 19.1. The number of halogens is 2. The van der Waals surface area contributed by atoms with Crippen molar-refractivity contribution >= 4 is 58.2 Å². The highest BCUT2D eigenvalue weighted by Crippen LogP contribution is 2.32. The number of amides is 1. The van der Waals surface area contributed by atoms with Crippen LogP contribution in [-0.2, 0) is 4.79 Å². The maximum Gasteiger partial charge on any atom is 0.250 e. The first-order valence-electron chi connectivity index (χ1n) is 9.41. The highest BCUT2D eigenvalue weighted by molar-refractivity contribution is 7.80. The van der Waals surface area contributed by atoms with Crippen molar-refractivity contribution in [2.45, 2.75) is 19.8 Å². The number of nitrogens with one attached hydrogen (secondary N) is 2. The molecule has 3 rings (SSSR count). The number of hydrogen-bond acceptors (Lipinski definition) is 4. The van der Waals surface area contributed by atoms with Gasteiger partial charge in [0, 0.05) is 16.7 Å². The van der Waals surface area contributed by atoms with Gasteiger partial charge in [0.2, 0.25) is 5.91 Å². The summed E-state index contributed by atoms with van der Waals surface area (Å²) in [7, 11) is 0. The van der Waals surface area contributed by atoms with Gasteiger partial charge in [-0.05, 0) is 72.2 Å². The van der Waals surface area contributed by atoms with Gasteiger partial charge in [0.25, 0.3) is 0 Å². The van der Waals surface area contributed by atoms with Crippen LogP contribution >= 0.6 is 35.4 Å². The van der Waals surface area contributed by atoms with Crippen LogP contribution in [0.2, 0.25) is 10.0 Å². The van der Waals surface area contributed by atoms with E-state index in [9.17, 15) is 9.90 Å². The number of phenolic OH excluding ortho intramolecular Hbond substituents is 1. The van der Waals surface area contributed by atoms with Gasteiger partial charge in [-0.25, -0.2) is 0 Å². The normalized spacial score (nSPS) is 11.1. The summed E-state index contributed by atoms with van der Waals surface area (Å²) in [6.45, 7) is 4.09. The number of hydrogen-bond donors (Lipinski definition) is 3. The Morgan fingerprint density at radius 2 is 1.90 bits per heavy atom. The monoisotopic (exact) mass is 474 g/mol. The number of carbonyl (C=O) groups excluding carboxylic acids is 1. The van der Waals surface area contributed by atoms with Crippen LogP contribution in [0.25, 0.3) is 17.4 Å². The predicted molar refractivity (Wildman–Crippen MR) is 130 cm³/mol. The number of phenols is 1. The van der Waals surface area contributed by atoms with Gasteiger partial charge in [-0.1, -0.05) is 43.1 Å². The van der Waals surface area contributed by atoms with E-state index in [0.29, 0.717) is 32.8 Å². The highest BCUT2D eigenvalue weighted by atomic mass is 35.5. The summed E-state index contributed by atoms with van der Waals surface area (Å²) in [6, 6.07) is 13.8. The number of anilines is 1. The second-order valence-corrected chi connectivity index (χ2v) is 8.29. The lowest BCUT2D eigenvalue weighted by atomic mass is 10.0. The molecule has 0 radical (unpaired) electrons. The Kier molecular flexibility index (Phi) is 7.38. The van der Waals surface area contributed by atoms with Gasteiger partial charge < -0.3 is 14.8 Å². The van der Waals surface area contributed by atoms with Crippen molar-refractivity contribution in [2.24, 2.45) is 0 Å². The molecule has 31 heavy (non-hydrogen) atoms. The molecule has 1 amide bonds. The van der Waals surface area contributed by atoms with Gasteiger partial charge in [0.1, 0.15) is 17.3 Å². The van der Waals surface area contributed by atoms with E-state index in [1.807, 2.05) is 19.9 Å². The molecular formula is C23H20Cl2N2O3S. The minimum atomic E-state index is -0.445. The first-order chi connectivity index (χ1) is 14.7. The van der Waals surface area contributed by atoms with Crippen molar-refractivity contribution in [3.63, 3.8) is 0 Å². The minimum absolute atomic E-state index is 0.0421. The van der Waals surface area contributed by atoms with Crippen LogP contribution in [0, 0.1) is 0 Å². The van der Waals surface area contributed by atoms with Gasteiger partial charge in [-0.15, -0.1) is 0 Å². The summed E-state index contributed by atoms with van der Waals surface area (Å²) in [6.07, 6.45) is 2.81. The molecule has 0 spiro atoms. The number of carbonyl (C=O) groups is 1. The quantitative estimate of drug-likeness (QED) is 0.220. The summed E-state index contributed by atoms with van der Waals surface area (Å²) >= 11 is 17.3. The molecule has 0 aliphatic heterocycles. The fourth-order valence-electron chi connectivity index (χ4n) is 2.75. The summed E-state index contributed by atoms with van der Waals surface area (Å²) in [5.41, 5.74) is 2.16. The summed E-state index contributed by atoms with van der Waals surface area (Å²) in [5.74, 6) is 0.907. The molecule has 8 heteroatoms. The van der Waals surface area contributed by atoms with Crippen molar-refractivity contribution < 1.29 is 14.3 Å². The smallest absolute Gasteiger partial charge is 0.250 e. The van der Waals surface area contributed by atoms with E-state index in [1.54, 1.807) is 42.5 Å². The fraction of sp³-hybridized carbons (Fsp3) is 0.130. The molecule has 5 nitrogen and oxygen atoms in total. The zero-order valence-electron chi connectivity index (χ0n) is 16.8. The van der Waals surface area contributed by atoms with Crippen LogP contribution in [0.3, 0.4) is 0 Å².